The van der Waals surface area contributed by atoms with Gasteiger partial charge in [0, 0.05) is 13.2 Å². The third-order valence-electron chi connectivity index (χ3n) is 6.22. The SMILES string of the molecule is CCC(C)CCc1ccc(OCCN(C)C(=O)Cn2cc(NC(=O)CCOc3ccccc3)cn2)cc1. The fourth-order valence-corrected chi connectivity index (χ4v) is 3.57. The summed E-state index contributed by atoms with van der Waals surface area (Å²) in [6.45, 7) is 5.72. The Balaban J connectivity index is 1.33. The molecule has 0 radical (unpaired) electrons. The molecular weight excluding hydrogens is 468 g/mol. The van der Waals surface area contributed by atoms with Gasteiger partial charge in [0.25, 0.3) is 0 Å². The zero-order chi connectivity index (χ0) is 26.5. The molecule has 0 bridgehead atoms. The van der Waals surface area contributed by atoms with Crippen LogP contribution >= 0.6 is 0 Å². The molecule has 1 N–H and O–H groups in total. The van der Waals surface area contributed by atoms with Gasteiger partial charge in [0.15, 0.2) is 0 Å². The highest BCUT2D eigenvalue weighted by Crippen LogP contribution is 2.16. The van der Waals surface area contributed by atoms with Gasteiger partial charge in [-0.05, 0) is 48.6 Å². The molecular formula is C29H38N4O4. The monoisotopic (exact) mass is 506 g/mol. The lowest BCUT2D eigenvalue weighted by molar-refractivity contribution is -0.131. The molecule has 0 aliphatic rings. The van der Waals surface area contributed by atoms with E-state index in [1.165, 1.54) is 29.3 Å². The van der Waals surface area contributed by atoms with E-state index < -0.39 is 0 Å². The summed E-state index contributed by atoms with van der Waals surface area (Å²) in [4.78, 5) is 26.3. The number of carbonyl (C=O) groups is 2. The standard InChI is InChI=1S/C29H38N4O4/c1-4-23(2)10-11-24-12-14-27(15-13-24)37-19-17-32(3)29(35)22-33-21-25(20-30-33)31-28(34)16-18-36-26-8-6-5-7-9-26/h5-9,12-15,20-21,23H,4,10-11,16-19,22H2,1-3H3,(H,31,34). The van der Waals surface area contributed by atoms with E-state index in [-0.39, 0.29) is 31.4 Å². The summed E-state index contributed by atoms with van der Waals surface area (Å²) in [5.41, 5.74) is 1.85. The van der Waals surface area contributed by atoms with Crippen LogP contribution in [0.25, 0.3) is 0 Å². The first-order valence-electron chi connectivity index (χ1n) is 12.9. The van der Waals surface area contributed by atoms with Crippen molar-refractivity contribution in [2.24, 2.45) is 5.92 Å². The summed E-state index contributed by atoms with van der Waals surface area (Å²) >= 11 is 0. The van der Waals surface area contributed by atoms with Crippen LogP contribution in [0, 0.1) is 5.92 Å². The summed E-state index contributed by atoms with van der Waals surface area (Å²) in [7, 11) is 1.74. The molecule has 0 aliphatic carbocycles. The van der Waals surface area contributed by atoms with Crippen LogP contribution in [0.15, 0.2) is 67.0 Å². The normalized spacial score (nSPS) is 11.5. The van der Waals surface area contributed by atoms with Gasteiger partial charge in [-0.3, -0.25) is 14.3 Å². The predicted octanol–water partition coefficient (Wildman–Crippen LogP) is 4.81. The maximum absolute atomic E-state index is 12.6. The molecule has 0 fully saturated rings. The average Bonchev–Trinajstić information content (AvgIpc) is 3.34. The van der Waals surface area contributed by atoms with Crippen LogP contribution in [-0.2, 0) is 22.6 Å². The number of aromatic nitrogens is 2. The number of benzene rings is 2. The van der Waals surface area contributed by atoms with Crippen LogP contribution in [0.4, 0.5) is 5.69 Å². The Bertz CT molecular complexity index is 1100. The summed E-state index contributed by atoms with van der Waals surface area (Å²) in [5, 5.41) is 6.96. The molecule has 3 aromatic rings. The fourth-order valence-electron chi connectivity index (χ4n) is 3.57. The van der Waals surface area contributed by atoms with Gasteiger partial charge in [-0.1, -0.05) is 50.6 Å². The second kappa shape index (κ2) is 14.7. The van der Waals surface area contributed by atoms with Crippen LogP contribution in [-0.4, -0.2) is 53.3 Å². The topological polar surface area (TPSA) is 85.7 Å². The number of carbonyl (C=O) groups excluding carboxylic acids is 2. The zero-order valence-corrected chi connectivity index (χ0v) is 22.1. The number of ether oxygens (including phenoxy) is 2. The molecule has 1 unspecified atom stereocenters. The van der Waals surface area contributed by atoms with E-state index in [0.29, 0.717) is 18.8 Å². The number of nitrogens with one attached hydrogen (secondary N) is 1. The van der Waals surface area contributed by atoms with Crippen LogP contribution in [0.3, 0.4) is 0 Å². The molecule has 2 aromatic carbocycles. The molecule has 8 heteroatoms. The van der Waals surface area contributed by atoms with Crippen LogP contribution in [0.1, 0.15) is 38.7 Å². The van der Waals surface area contributed by atoms with Crippen LogP contribution in [0.5, 0.6) is 11.5 Å². The lowest BCUT2D eigenvalue weighted by Crippen LogP contribution is -2.33. The third-order valence-corrected chi connectivity index (χ3v) is 6.22. The van der Waals surface area contributed by atoms with Crippen LogP contribution < -0.4 is 14.8 Å². The van der Waals surface area contributed by atoms with Crippen molar-refractivity contribution in [3.05, 3.63) is 72.6 Å². The lowest BCUT2D eigenvalue weighted by atomic mass is 9.99. The van der Waals surface area contributed by atoms with Gasteiger partial charge in [0.05, 0.1) is 31.5 Å². The number of anilines is 1. The van der Waals surface area contributed by atoms with Crippen molar-refractivity contribution in [3.8, 4) is 11.5 Å². The number of hydrogen-bond acceptors (Lipinski definition) is 5. The summed E-state index contributed by atoms with van der Waals surface area (Å²) in [5.74, 6) is 1.98. The molecule has 0 spiro atoms. The van der Waals surface area contributed by atoms with Gasteiger partial charge < -0.3 is 19.7 Å². The molecule has 0 saturated carbocycles. The second-order valence-electron chi connectivity index (χ2n) is 9.25. The van der Waals surface area contributed by atoms with Gasteiger partial charge >= 0.3 is 0 Å². The highest BCUT2D eigenvalue weighted by molar-refractivity contribution is 5.90. The number of nitrogens with zero attached hydrogens (tertiary/aromatic N) is 3. The van der Waals surface area contributed by atoms with Gasteiger partial charge in [-0.2, -0.15) is 5.10 Å². The molecule has 37 heavy (non-hydrogen) atoms. The smallest absolute Gasteiger partial charge is 0.244 e. The van der Waals surface area contributed by atoms with Crippen molar-refractivity contribution in [2.75, 3.05) is 32.1 Å². The Morgan fingerprint density at radius 3 is 2.46 bits per heavy atom. The van der Waals surface area contributed by atoms with Crippen molar-refractivity contribution >= 4 is 17.5 Å². The first-order chi connectivity index (χ1) is 17.9. The first kappa shape index (κ1) is 27.8. The quantitative estimate of drug-likeness (QED) is 0.320. The first-order valence-corrected chi connectivity index (χ1v) is 12.9. The average molecular weight is 507 g/mol. The summed E-state index contributed by atoms with van der Waals surface area (Å²) < 4.78 is 12.9. The molecule has 1 aromatic heterocycles. The predicted molar refractivity (Wildman–Crippen MR) is 145 cm³/mol. The van der Waals surface area contributed by atoms with E-state index >= 15 is 0 Å². The van der Waals surface area contributed by atoms with E-state index in [4.69, 9.17) is 9.47 Å². The molecule has 8 nitrogen and oxygen atoms in total. The Labute approximate surface area is 219 Å². The number of amides is 2. The third kappa shape index (κ3) is 9.99. The van der Waals surface area contributed by atoms with Gasteiger partial charge in [-0.15, -0.1) is 0 Å². The molecule has 0 aliphatic heterocycles. The molecule has 0 saturated heterocycles. The molecule has 3 rings (SSSR count). The van der Waals surface area contributed by atoms with Crippen molar-refractivity contribution in [2.45, 2.75) is 46.1 Å². The number of rotatable bonds is 15. The highest BCUT2D eigenvalue weighted by Gasteiger charge is 2.12. The van der Waals surface area contributed by atoms with E-state index in [1.807, 2.05) is 42.5 Å². The number of para-hydroxylation sites is 1. The highest BCUT2D eigenvalue weighted by atomic mass is 16.5. The Morgan fingerprint density at radius 2 is 1.73 bits per heavy atom. The van der Waals surface area contributed by atoms with E-state index in [2.05, 4.69) is 36.4 Å². The zero-order valence-electron chi connectivity index (χ0n) is 22.1. The van der Waals surface area contributed by atoms with Gasteiger partial charge in [0.2, 0.25) is 11.8 Å². The minimum atomic E-state index is -0.181. The molecule has 1 atom stereocenters. The van der Waals surface area contributed by atoms with E-state index in [1.54, 1.807) is 18.1 Å². The Hall–Kier alpha value is -3.81. The van der Waals surface area contributed by atoms with Gasteiger partial charge in [0.1, 0.15) is 24.7 Å². The lowest BCUT2D eigenvalue weighted by Gasteiger charge is -2.17. The number of likely N-dealkylation sites (N-methyl/N-ethyl adjacent to an activating group) is 1. The Kier molecular flexibility index (Phi) is 11.0. The van der Waals surface area contributed by atoms with E-state index in [9.17, 15) is 9.59 Å². The maximum Gasteiger partial charge on any atom is 0.244 e. The summed E-state index contributed by atoms with van der Waals surface area (Å²) in [6.07, 6.45) is 6.85. The fraction of sp³-hybridized carbons (Fsp3) is 0.414. The van der Waals surface area contributed by atoms with E-state index in [0.717, 1.165) is 23.8 Å². The summed E-state index contributed by atoms with van der Waals surface area (Å²) in [6, 6.07) is 17.5. The molecule has 198 valence electrons. The van der Waals surface area contributed by atoms with Crippen molar-refractivity contribution < 1.29 is 19.1 Å². The van der Waals surface area contributed by atoms with Crippen molar-refractivity contribution in [1.29, 1.82) is 0 Å². The molecule has 2 amide bonds. The minimum Gasteiger partial charge on any atom is -0.493 e. The Morgan fingerprint density at radius 1 is 1.03 bits per heavy atom. The minimum absolute atomic E-state index is 0.0777. The largest absolute Gasteiger partial charge is 0.493 e. The maximum atomic E-state index is 12.6. The van der Waals surface area contributed by atoms with Gasteiger partial charge in [-0.25, -0.2) is 0 Å². The van der Waals surface area contributed by atoms with Crippen molar-refractivity contribution in [1.82, 2.24) is 14.7 Å². The molecule has 1 heterocycles. The van der Waals surface area contributed by atoms with Crippen molar-refractivity contribution in [3.63, 3.8) is 0 Å². The second-order valence-corrected chi connectivity index (χ2v) is 9.25. The number of hydrogen-bond donors (Lipinski definition) is 1. The van der Waals surface area contributed by atoms with Crippen LogP contribution in [0.2, 0.25) is 0 Å². The number of aryl methyl sites for hydroxylation is 1.